The molecule has 0 radical (unpaired) electrons. The van der Waals surface area contributed by atoms with Crippen molar-refractivity contribution in [3.63, 3.8) is 0 Å². The summed E-state index contributed by atoms with van der Waals surface area (Å²) >= 11 is 0. The molecule has 104 valence electrons. The van der Waals surface area contributed by atoms with Crippen LogP contribution in [0.1, 0.15) is 32.1 Å². The fourth-order valence-corrected chi connectivity index (χ4v) is 3.30. The van der Waals surface area contributed by atoms with E-state index in [-0.39, 0.29) is 0 Å². The van der Waals surface area contributed by atoms with E-state index in [1.807, 2.05) is 0 Å². The van der Waals surface area contributed by atoms with E-state index in [1.54, 1.807) is 0 Å². The molecular formula is C12H20O6. The Morgan fingerprint density at radius 2 is 1.11 bits per heavy atom. The molecule has 0 bridgehead atoms. The zero-order chi connectivity index (χ0) is 12.9. The highest BCUT2D eigenvalue weighted by Crippen LogP contribution is 2.44. The van der Waals surface area contributed by atoms with Gasteiger partial charge in [0.15, 0.2) is 5.79 Å². The van der Waals surface area contributed by atoms with Crippen molar-refractivity contribution in [2.24, 2.45) is 0 Å². The molecule has 6 nitrogen and oxygen atoms in total. The summed E-state index contributed by atoms with van der Waals surface area (Å²) in [5.74, 6) is -0.751. The summed E-state index contributed by atoms with van der Waals surface area (Å²) in [5, 5.41) is 39.2. The molecule has 6 atom stereocenters. The molecule has 2 aliphatic carbocycles. The van der Waals surface area contributed by atoms with Gasteiger partial charge in [0.25, 0.3) is 0 Å². The second-order valence-electron chi connectivity index (χ2n) is 5.60. The van der Waals surface area contributed by atoms with Gasteiger partial charge in [0.2, 0.25) is 0 Å². The zero-order valence-electron chi connectivity index (χ0n) is 10.1. The fourth-order valence-electron chi connectivity index (χ4n) is 3.30. The van der Waals surface area contributed by atoms with Crippen LogP contribution in [-0.2, 0) is 9.47 Å². The quantitative estimate of drug-likeness (QED) is 0.441. The largest absolute Gasteiger partial charge is 0.387 e. The van der Waals surface area contributed by atoms with Gasteiger partial charge in [0.05, 0.1) is 0 Å². The second-order valence-corrected chi connectivity index (χ2v) is 5.60. The highest BCUT2D eigenvalue weighted by Gasteiger charge is 2.59. The van der Waals surface area contributed by atoms with E-state index >= 15 is 0 Å². The molecule has 3 rings (SSSR count). The van der Waals surface area contributed by atoms with Crippen molar-refractivity contribution in [3.05, 3.63) is 0 Å². The fraction of sp³-hybridized carbons (Fsp3) is 1.00. The third kappa shape index (κ3) is 1.79. The van der Waals surface area contributed by atoms with Gasteiger partial charge in [-0.3, -0.25) is 0 Å². The predicted molar refractivity (Wildman–Crippen MR) is 59.6 cm³/mol. The van der Waals surface area contributed by atoms with Gasteiger partial charge < -0.3 is 29.9 Å². The Morgan fingerprint density at radius 3 is 1.56 bits per heavy atom. The Kier molecular flexibility index (Phi) is 3.12. The molecule has 18 heavy (non-hydrogen) atoms. The number of rotatable bonds is 0. The molecule has 1 aliphatic heterocycles. The Labute approximate surface area is 105 Å². The Balaban J connectivity index is 1.82. The van der Waals surface area contributed by atoms with Crippen LogP contribution in [0.5, 0.6) is 0 Å². The maximum atomic E-state index is 9.92. The Morgan fingerprint density at radius 1 is 0.667 bits per heavy atom. The molecule has 0 aromatic heterocycles. The van der Waals surface area contributed by atoms with Crippen LogP contribution in [0, 0.1) is 0 Å². The number of fused-ring (bicyclic) bond motifs is 1. The minimum absolute atomic E-state index is 0.728. The van der Waals surface area contributed by atoms with Crippen molar-refractivity contribution < 1.29 is 29.9 Å². The summed E-state index contributed by atoms with van der Waals surface area (Å²) in [7, 11) is 0. The molecule has 1 heterocycles. The first-order valence-corrected chi connectivity index (χ1v) is 6.62. The lowest BCUT2D eigenvalue weighted by molar-refractivity contribution is -0.203. The number of aliphatic hydroxyl groups is 4. The molecule has 1 saturated heterocycles. The Hall–Kier alpha value is -0.240. The Bertz CT molecular complexity index is 292. The van der Waals surface area contributed by atoms with Gasteiger partial charge in [-0.05, 0) is 12.8 Å². The number of hydrogen-bond donors (Lipinski definition) is 4. The van der Waals surface area contributed by atoms with Crippen molar-refractivity contribution >= 4 is 0 Å². The third-order valence-corrected chi connectivity index (χ3v) is 4.36. The lowest BCUT2D eigenvalue weighted by atomic mass is 9.85. The van der Waals surface area contributed by atoms with Crippen LogP contribution in [0.15, 0.2) is 0 Å². The van der Waals surface area contributed by atoms with Gasteiger partial charge in [-0.15, -0.1) is 0 Å². The van der Waals surface area contributed by atoms with E-state index in [2.05, 4.69) is 0 Å². The SMILES string of the molecule is OC1C(O)[C@@H](O)[C@@H](O)C2OC3(CCCCC3)O[C@@H]12. The van der Waals surface area contributed by atoms with Crippen molar-refractivity contribution in [1.29, 1.82) is 0 Å². The highest BCUT2D eigenvalue weighted by atomic mass is 16.8. The molecule has 0 aromatic carbocycles. The topological polar surface area (TPSA) is 99.4 Å². The third-order valence-electron chi connectivity index (χ3n) is 4.36. The molecule has 6 heteroatoms. The molecule has 0 aromatic rings. The van der Waals surface area contributed by atoms with Crippen LogP contribution in [0.3, 0.4) is 0 Å². The van der Waals surface area contributed by atoms with Gasteiger partial charge in [-0.2, -0.15) is 0 Å². The normalized spacial score (nSPS) is 51.3. The van der Waals surface area contributed by atoms with Gasteiger partial charge in [0.1, 0.15) is 36.6 Å². The first kappa shape index (κ1) is 12.8. The average Bonchev–Trinajstić information content (AvgIpc) is 2.74. The zero-order valence-corrected chi connectivity index (χ0v) is 10.1. The summed E-state index contributed by atoms with van der Waals surface area (Å²) in [6, 6.07) is 0. The van der Waals surface area contributed by atoms with Crippen LogP contribution in [0.2, 0.25) is 0 Å². The number of hydrogen-bond acceptors (Lipinski definition) is 6. The maximum absolute atomic E-state index is 9.92. The lowest BCUT2D eigenvalue weighted by Gasteiger charge is -2.38. The first-order valence-electron chi connectivity index (χ1n) is 6.62. The van der Waals surface area contributed by atoms with E-state index in [4.69, 9.17) is 9.47 Å². The first-order chi connectivity index (χ1) is 8.54. The second kappa shape index (κ2) is 4.40. The molecule has 3 aliphatic rings. The predicted octanol–water partition coefficient (Wildman–Crippen LogP) is -1.11. The minimum Gasteiger partial charge on any atom is -0.387 e. The standard InChI is InChI=1S/C12H20O6/c13-6-7(14)9(16)11-10(8(6)15)17-12(18-11)4-2-1-3-5-12/h6-11,13-16H,1-5H2/t6-,7?,8-,9?,10?,11+/m1/s1. The minimum atomic E-state index is -1.40. The summed E-state index contributed by atoms with van der Waals surface area (Å²) < 4.78 is 11.6. The van der Waals surface area contributed by atoms with Gasteiger partial charge >= 0.3 is 0 Å². The number of aliphatic hydroxyl groups excluding tert-OH is 4. The van der Waals surface area contributed by atoms with E-state index < -0.39 is 42.4 Å². The molecule has 3 unspecified atom stereocenters. The van der Waals surface area contributed by atoms with Gasteiger partial charge in [-0.25, -0.2) is 0 Å². The van der Waals surface area contributed by atoms with E-state index in [0.717, 1.165) is 32.1 Å². The van der Waals surface area contributed by atoms with E-state index in [0.29, 0.717) is 0 Å². The van der Waals surface area contributed by atoms with Crippen LogP contribution in [-0.4, -0.2) is 62.8 Å². The average molecular weight is 260 g/mol. The monoisotopic (exact) mass is 260 g/mol. The molecule has 4 N–H and O–H groups in total. The van der Waals surface area contributed by atoms with Crippen LogP contribution in [0.4, 0.5) is 0 Å². The summed E-state index contributed by atoms with van der Waals surface area (Å²) in [6.07, 6.45) is -2.24. The van der Waals surface area contributed by atoms with Crippen molar-refractivity contribution in [2.45, 2.75) is 74.5 Å². The maximum Gasteiger partial charge on any atom is 0.169 e. The molecule has 3 fully saturated rings. The van der Waals surface area contributed by atoms with Crippen LogP contribution in [0.25, 0.3) is 0 Å². The van der Waals surface area contributed by atoms with Gasteiger partial charge in [0, 0.05) is 12.8 Å². The lowest BCUT2D eigenvalue weighted by Crippen LogP contribution is -2.62. The van der Waals surface area contributed by atoms with Crippen LogP contribution < -0.4 is 0 Å². The van der Waals surface area contributed by atoms with Crippen LogP contribution >= 0.6 is 0 Å². The molecule has 1 spiro atoms. The number of ether oxygens (including phenoxy) is 2. The van der Waals surface area contributed by atoms with Crippen molar-refractivity contribution in [2.75, 3.05) is 0 Å². The van der Waals surface area contributed by atoms with E-state index in [1.165, 1.54) is 0 Å². The molecular weight excluding hydrogens is 240 g/mol. The summed E-state index contributed by atoms with van der Waals surface area (Å²) in [6.45, 7) is 0. The summed E-state index contributed by atoms with van der Waals surface area (Å²) in [5.41, 5.74) is 0. The van der Waals surface area contributed by atoms with Crippen molar-refractivity contribution in [3.8, 4) is 0 Å². The molecule has 0 amide bonds. The highest BCUT2D eigenvalue weighted by molar-refractivity contribution is 5.04. The molecule has 2 saturated carbocycles. The van der Waals surface area contributed by atoms with Gasteiger partial charge in [-0.1, -0.05) is 6.42 Å². The van der Waals surface area contributed by atoms with Crippen molar-refractivity contribution in [1.82, 2.24) is 0 Å². The summed E-state index contributed by atoms with van der Waals surface area (Å²) in [4.78, 5) is 0. The smallest absolute Gasteiger partial charge is 0.169 e. The van der Waals surface area contributed by atoms with E-state index in [9.17, 15) is 20.4 Å².